The second-order valence-electron chi connectivity index (χ2n) is 3.65. The molecule has 1 aliphatic rings. The third-order valence-corrected chi connectivity index (χ3v) is 2.91. The summed E-state index contributed by atoms with van der Waals surface area (Å²) in [5.74, 6) is 0.734. The van der Waals surface area contributed by atoms with Gasteiger partial charge in [-0.15, -0.1) is 0 Å². The summed E-state index contributed by atoms with van der Waals surface area (Å²) >= 11 is 0. The van der Waals surface area contributed by atoms with E-state index in [1.807, 2.05) is 0 Å². The fourth-order valence-corrected chi connectivity index (χ4v) is 1.98. The summed E-state index contributed by atoms with van der Waals surface area (Å²) in [7, 11) is 0. The smallest absolute Gasteiger partial charge is 0.0692 e. The molecule has 0 aromatic carbocycles. The Bertz CT molecular complexity index is 164. The van der Waals surface area contributed by atoms with Crippen LogP contribution in [-0.2, 0) is 0 Å². The second kappa shape index (κ2) is 3.26. The van der Waals surface area contributed by atoms with Gasteiger partial charge >= 0.3 is 0 Å². The molecule has 0 spiro atoms. The van der Waals surface area contributed by atoms with Gasteiger partial charge in [0.1, 0.15) is 0 Å². The molecule has 0 heterocycles. The summed E-state index contributed by atoms with van der Waals surface area (Å²) < 4.78 is 0. The van der Waals surface area contributed by atoms with Crippen molar-refractivity contribution in [3.63, 3.8) is 0 Å². The first-order chi connectivity index (χ1) is 5.29. The molecular weight excluding hydrogens is 134 g/mol. The molecule has 1 fully saturated rings. The van der Waals surface area contributed by atoms with Crippen molar-refractivity contribution in [3.8, 4) is 6.07 Å². The van der Waals surface area contributed by atoms with Gasteiger partial charge in [0.2, 0.25) is 0 Å². The number of rotatable bonds is 4. The lowest BCUT2D eigenvalue weighted by molar-refractivity contribution is 0.296. The molecule has 0 bridgehead atoms. The molecule has 1 atom stereocenters. The Balaban J connectivity index is 2.59. The fraction of sp³-hybridized carbons (Fsp3) is 0.900. The van der Waals surface area contributed by atoms with Crippen LogP contribution in [0.5, 0.6) is 0 Å². The van der Waals surface area contributed by atoms with Gasteiger partial charge in [-0.3, -0.25) is 0 Å². The van der Waals surface area contributed by atoms with E-state index in [-0.39, 0.29) is 5.41 Å². The normalized spacial score (nSPS) is 22.3. The molecule has 0 radical (unpaired) electrons. The molecule has 0 aromatic rings. The van der Waals surface area contributed by atoms with Gasteiger partial charge < -0.3 is 0 Å². The number of hydrogen-bond donors (Lipinski definition) is 0. The van der Waals surface area contributed by atoms with E-state index < -0.39 is 0 Å². The zero-order chi connectivity index (χ0) is 8.32. The van der Waals surface area contributed by atoms with Crippen LogP contribution in [0.4, 0.5) is 0 Å². The largest absolute Gasteiger partial charge is 0.198 e. The standard InChI is InChI=1S/C10H17N/c1-3-7-10(4-2,8-11)9-5-6-9/h9H,3-7H2,1-2H3. The molecule has 1 nitrogen and oxygen atoms in total. The summed E-state index contributed by atoms with van der Waals surface area (Å²) in [6, 6.07) is 2.53. The second-order valence-corrected chi connectivity index (χ2v) is 3.65. The highest BCUT2D eigenvalue weighted by molar-refractivity contribution is 5.06. The highest BCUT2D eigenvalue weighted by Crippen LogP contribution is 2.49. The molecule has 0 N–H and O–H groups in total. The van der Waals surface area contributed by atoms with E-state index in [4.69, 9.17) is 5.26 Å². The molecule has 1 aliphatic carbocycles. The first-order valence-electron chi connectivity index (χ1n) is 4.70. The van der Waals surface area contributed by atoms with Crippen LogP contribution in [0.25, 0.3) is 0 Å². The minimum absolute atomic E-state index is 0.0503. The van der Waals surface area contributed by atoms with Gasteiger partial charge in [0.25, 0.3) is 0 Å². The van der Waals surface area contributed by atoms with Gasteiger partial charge in [-0.25, -0.2) is 0 Å². The number of hydrogen-bond acceptors (Lipinski definition) is 1. The van der Waals surface area contributed by atoms with Crippen LogP contribution in [0.1, 0.15) is 46.0 Å². The van der Waals surface area contributed by atoms with E-state index in [0.29, 0.717) is 0 Å². The van der Waals surface area contributed by atoms with Crippen LogP contribution < -0.4 is 0 Å². The van der Waals surface area contributed by atoms with Gasteiger partial charge in [-0.2, -0.15) is 5.26 Å². The van der Waals surface area contributed by atoms with Gasteiger partial charge in [-0.1, -0.05) is 20.3 Å². The van der Waals surface area contributed by atoms with E-state index in [1.54, 1.807) is 0 Å². The predicted molar refractivity (Wildman–Crippen MR) is 46.0 cm³/mol. The van der Waals surface area contributed by atoms with E-state index in [9.17, 15) is 0 Å². The Labute approximate surface area is 69.4 Å². The summed E-state index contributed by atoms with van der Waals surface area (Å²) in [5.41, 5.74) is 0.0503. The molecule has 1 saturated carbocycles. The van der Waals surface area contributed by atoms with Crippen LogP contribution >= 0.6 is 0 Å². The van der Waals surface area contributed by atoms with Crippen molar-refractivity contribution in [1.29, 1.82) is 5.26 Å². The van der Waals surface area contributed by atoms with Gasteiger partial charge in [-0.05, 0) is 31.6 Å². The molecule has 0 amide bonds. The summed E-state index contributed by atoms with van der Waals surface area (Å²) in [6.07, 6.45) is 5.88. The predicted octanol–water partition coefficient (Wildman–Crippen LogP) is 3.12. The summed E-state index contributed by atoms with van der Waals surface area (Å²) in [4.78, 5) is 0. The van der Waals surface area contributed by atoms with Gasteiger partial charge in [0, 0.05) is 0 Å². The molecule has 0 saturated heterocycles. The van der Waals surface area contributed by atoms with Crippen molar-refractivity contribution in [2.45, 2.75) is 46.0 Å². The van der Waals surface area contributed by atoms with Crippen molar-refractivity contribution in [2.75, 3.05) is 0 Å². The number of nitriles is 1. The molecule has 0 aliphatic heterocycles. The molecular formula is C10H17N. The van der Waals surface area contributed by atoms with E-state index >= 15 is 0 Å². The highest BCUT2D eigenvalue weighted by atomic mass is 14.5. The molecule has 62 valence electrons. The van der Waals surface area contributed by atoms with Crippen molar-refractivity contribution >= 4 is 0 Å². The Hall–Kier alpha value is -0.510. The Morgan fingerprint density at radius 3 is 2.36 bits per heavy atom. The molecule has 0 aromatic heterocycles. The lowest BCUT2D eigenvalue weighted by Crippen LogP contribution is -2.19. The lowest BCUT2D eigenvalue weighted by atomic mass is 9.78. The maximum absolute atomic E-state index is 9.07. The molecule has 11 heavy (non-hydrogen) atoms. The topological polar surface area (TPSA) is 23.8 Å². The minimum atomic E-state index is 0.0503. The van der Waals surface area contributed by atoms with Crippen molar-refractivity contribution < 1.29 is 0 Å². The quantitative estimate of drug-likeness (QED) is 0.605. The number of nitrogens with zero attached hydrogens (tertiary/aromatic N) is 1. The maximum atomic E-state index is 9.07. The third-order valence-electron chi connectivity index (χ3n) is 2.91. The van der Waals surface area contributed by atoms with Crippen LogP contribution in [0, 0.1) is 22.7 Å². The summed E-state index contributed by atoms with van der Waals surface area (Å²) in [5, 5.41) is 9.07. The Morgan fingerprint density at radius 2 is 2.09 bits per heavy atom. The maximum Gasteiger partial charge on any atom is 0.0692 e. The Morgan fingerprint density at radius 1 is 1.45 bits per heavy atom. The van der Waals surface area contributed by atoms with Crippen molar-refractivity contribution in [1.82, 2.24) is 0 Å². The summed E-state index contributed by atoms with van der Waals surface area (Å²) in [6.45, 7) is 4.32. The lowest BCUT2D eigenvalue weighted by Gasteiger charge is -2.23. The van der Waals surface area contributed by atoms with Gasteiger partial charge in [0.15, 0.2) is 0 Å². The zero-order valence-electron chi connectivity index (χ0n) is 7.56. The average molecular weight is 151 g/mol. The zero-order valence-corrected chi connectivity index (χ0v) is 7.56. The third kappa shape index (κ3) is 1.56. The molecule has 1 rings (SSSR count). The Kier molecular flexibility index (Phi) is 2.54. The van der Waals surface area contributed by atoms with Crippen LogP contribution in [0.2, 0.25) is 0 Å². The van der Waals surface area contributed by atoms with Crippen LogP contribution in [0.15, 0.2) is 0 Å². The fourth-order valence-electron chi connectivity index (χ4n) is 1.98. The average Bonchev–Trinajstić information content (AvgIpc) is 2.83. The highest BCUT2D eigenvalue weighted by Gasteiger charge is 2.43. The van der Waals surface area contributed by atoms with Crippen molar-refractivity contribution in [3.05, 3.63) is 0 Å². The van der Waals surface area contributed by atoms with E-state index in [2.05, 4.69) is 19.9 Å². The monoisotopic (exact) mass is 151 g/mol. The van der Waals surface area contributed by atoms with E-state index in [1.165, 1.54) is 12.8 Å². The van der Waals surface area contributed by atoms with Crippen molar-refractivity contribution in [2.24, 2.45) is 11.3 Å². The molecule has 1 unspecified atom stereocenters. The first-order valence-corrected chi connectivity index (χ1v) is 4.70. The SMILES string of the molecule is CCCC(C#N)(CC)C1CC1. The minimum Gasteiger partial charge on any atom is -0.198 e. The molecule has 1 heteroatoms. The first kappa shape index (κ1) is 8.59. The van der Waals surface area contributed by atoms with Crippen LogP contribution in [0.3, 0.4) is 0 Å². The van der Waals surface area contributed by atoms with Gasteiger partial charge in [0.05, 0.1) is 11.5 Å². The van der Waals surface area contributed by atoms with Crippen LogP contribution in [-0.4, -0.2) is 0 Å². The van der Waals surface area contributed by atoms with E-state index in [0.717, 1.165) is 25.2 Å².